The molecule has 0 saturated carbocycles. The van der Waals surface area contributed by atoms with Gasteiger partial charge >= 0.3 is 0 Å². The van der Waals surface area contributed by atoms with Crippen LogP contribution in [0.15, 0.2) is 35.6 Å². The third-order valence-electron chi connectivity index (χ3n) is 5.15. The number of rotatable bonds is 6. The summed E-state index contributed by atoms with van der Waals surface area (Å²) in [6, 6.07) is 7.33. The summed E-state index contributed by atoms with van der Waals surface area (Å²) in [5, 5.41) is 5.43. The van der Waals surface area contributed by atoms with Gasteiger partial charge in [0, 0.05) is 56.2 Å². The quantitative estimate of drug-likeness (QED) is 0.552. The zero-order valence-electron chi connectivity index (χ0n) is 18.5. The average molecular weight is 457 g/mol. The smallest absolute Gasteiger partial charge is 0.248 e. The van der Waals surface area contributed by atoms with E-state index in [0.717, 1.165) is 11.4 Å². The number of hydrogen-bond acceptors (Lipinski definition) is 10. The third kappa shape index (κ3) is 3.91. The van der Waals surface area contributed by atoms with Crippen LogP contribution in [0.4, 0.5) is 11.8 Å². The molecule has 3 aromatic rings. The molecular weight excluding hydrogens is 432 g/mol. The van der Waals surface area contributed by atoms with Gasteiger partial charge in [-0.15, -0.1) is 0 Å². The van der Waals surface area contributed by atoms with Gasteiger partial charge in [0.2, 0.25) is 5.95 Å². The highest BCUT2D eigenvalue weighted by Gasteiger charge is 2.33. The zero-order valence-corrected chi connectivity index (χ0v) is 19.3. The number of aromatic nitrogens is 3. The van der Waals surface area contributed by atoms with Crippen molar-refractivity contribution in [2.24, 2.45) is 5.10 Å². The first-order chi connectivity index (χ1) is 15.2. The summed E-state index contributed by atoms with van der Waals surface area (Å²) in [6.07, 6.45) is 4.72. The molecule has 0 aliphatic carbocycles. The molecular formula is C21H24N6O4S. The maximum absolute atomic E-state index is 12.3. The second-order valence-electron chi connectivity index (χ2n) is 7.56. The average Bonchev–Trinajstić information content (AvgIpc) is 3.28. The first-order valence-corrected chi connectivity index (χ1v) is 11.8. The Balaban J connectivity index is 1.96. The van der Waals surface area contributed by atoms with Crippen molar-refractivity contribution in [3.05, 3.63) is 30.5 Å². The Morgan fingerprint density at radius 3 is 2.41 bits per heavy atom. The number of pyridine rings is 1. The van der Waals surface area contributed by atoms with E-state index >= 15 is 0 Å². The molecule has 0 saturated heterocycles. The minimum atomic E-state index is -3.41. The predicted octanol–water partition coefficient (Wildman–Crippen LogP) is 2.34. The Kier molecular flexibility index (Phi) is 5.59. The number of hydrogen-bond donors (Lipinski definition) is 0. The van der Waals surface area contributed by atoms with Gasteiger partial charge < -0.3 is 14.4 Å². The number of methoxy groups -OCH3 is 2. The number of benzene rings is 1. The molecule has 4 rings (SSSR count). The first-order valence-electron chi connectivity index (χ1n) is 9.81. The van der Waals surface area contributed by atoms with Crippen molar-refractivity contribution in [1.29, 1.82) is 0 Å². The van der Waals surface area contributed by atoms with Crippen LogP contribution >= 0.6 is 0 Å². The molecule has 1 unspecified atom stereocenters. The number of fused-ring (bicyclic) bond motifs is 1. The van der Waals surface area contributed by atoms with Crippen molar-refractivity contribution in [3.63, 3.8) is 0 Å². The molecule has 3 heterocycles. The molecule has 32 heavy (non-hydrogen) atoms. The van der Waals surface area contributed by atoms with E-state index in [1.807, 2.05) is 31.1 Å². The molecule has 0 bridgehead atoms. The van der Waals surface area contributed by atoms with Crippen LogP contribution in [0.1, 0.15) is 6.42 Å². The van der Waals surface area contributed by atoms with Gasteiger partial charge in [-0.05, 0) is 18.2 Å². The molecule has 1 aliphatic rings. The molecule has 0 amide bonds. The first kappa shape index (κ1) is 21.8. The lowest BCUT2D eigenvalue weighted by atomic mass is 10.1. The minimum absolute atomic E-state index is 0.181. The highest BCUT2D eigenvalue weighted by molar-refractivity contribution is 7.91. The Labute approximate surface area is 186 Å². The summed E-state index contributed by atoms with van der Waals surface area (Å²) in [4.78, 5) is 15.7. The fourth-order valence-corrected chi connectivity index (χ4v) is 4.44. The molecule has 2 aromatic heterocycles. The van der Waals surface area contributed by atoms with Gasteiger partial charge in [0.1, 0.15) is 5.82 Å². The number of ether oxygens (including phenoxy) is 2. The molecule has 168 valence electrons. The zero-order chi connectivity index (χ0) is 23.0. The second-order valence-corrected chi connectivity index (χ2v) is 9.76. The van der Waals surface area contributed by atoms with Crippen molar-refractivity contribution in [2.45, 2.75) is 11.8 Å². The molecule has 11 heteroatoms. The largest absolute Gasteiger partial charge is 0.493 e. The normalized spacial score (nSPS) is 15.9. The van der Waals surface area contributed by atoms with Crippen LogP contribution in [0.5, 0.6) is 11.5 Å². The molecule has 0 spiro atoms. The lowest BCUT2D eigenvalue weighted by molar-refractivity contribution is 0.356. The van der Waals surface area contributed by atoms with Gasteiger partial charge in [-0.25, -0.2) is 28.4 Å². The fraction of sp³-hybridized carbons (Fsp3) is 0.333. The van der Waals surface area contributed by atoms with Crippen molar-refractivity contribution < 1.29 is 17.9 Å². The maximum Gasteiger partial charge on any atom is 0.248 e. The Morgan fingerprint density at radius 1 is 1.09 bits per heavy atom. The van der Waals surface area contributed by atoms with Crippen LogP contribution < -0.4 is 19.4 Å². The SMILES string of the molecule is COc1cc2nc(N3N=CCC3S(C)(=O)=O)nc(-c3ccc(N(C)C)nc3)c2cc1OC. The number of nitrogens with zero attached hydrogens (tertiary/aromatic N) is 6. The molecule has 1 aliphatic heterocycles. The van der Waals surface area contributed by atoms with Gasteiger partial charge in [0.05, 0.1) is 25.4 Å². The monoisotopic (exact) mass is 456 g/mol. The van der Waals surface area contributed by atoms with Gasteiger partial charge in [-0.3, -0.25) is 0 Å². The van der Waals surface area contributed by atoms with Crippen LogP contribution in [-0.2, 0) is 9.84 Å². The topological polar surface area (TPSA) is 110 Å². The lowest BCUT2D eigenvalue weighted by Gasteiger charge is -2.21. The van der Waals surface area contributed by atoms with E-state index in [1.165, 1.54) is 11.3 Å². The molecule has 0 radical (unpaired) electrons. The summed E-state index contributed by atoms with van der Waals surface area (Å²) in [7, 11) is 3.51. The van der Waals surface area contributed by atoms with Gasteiger partial charge in [-0.2, -0.15) is 5.10 Å². The van der Waals surface area contributed by atoms with Crippen molar-refractivity contribution >= 4 is 38.7 Å². The minimum Gasteiger partial charge on any atom is -0.493 e. The highest BCUT2D eigenvalue weighted by Crippen LogP contribution is 2.37. The third-order valence-corrected chi connectivity index (χ3v) is 6.53. The summed E-state index contributed by atoms with van der Waals surface area (Å²) in [6.45, 7) is 0. The van der Waals surface area contributed by atoms with Crippen LogP contribution in [-0.4, -0.2) is 69.5 Å². The highest BCUT2D eigenvalue weighted by atomic mass is 32.2. The van der Waals surface area contributed by atoms with E-state index in [0.29, 0.717) is 28.1 Å². The summed E-state index contributed by atoms with van der Waals surface area (Å²) >= 11 is 0. The van der Waals surface area contributed by atoms with Gasteiger partial charge in [-0.1, -0.05) is 0 Å². The van der Waals surface area contributed by atoms with E-state index in [4.69, 9.17) is 14.5 Å². The molecule has 0 N–H and O–H groups in total. The Morgan fingerprint density at radius 2 is 1.81 bits per heavy atom. The van der Waals surface area contributed by atoms with Crippen LogP contribution in [0.2, 0.25) is 0 Å². The van der Waals surface area contributed by atoms with Crippen LogP contribution in [0.3, 0.4) is 0 Å². The van der Waals surface area contributed by atoms with Crippen molar-refractivity contribution in [1.82, 2.24) is 15.0 Å². The molecule has 1 atom stereocenters. The predicted molar refractivity (Wildman–Crippen MR) is 124 cm³/mol. The molecule has 10 nitrogen and oxygen atoms in total. The van der Waals surface area contributed by atoms with E-state index < -0.39 is 15.2 Å². The maximum atomic E-state index is 12.3. The van der Waals surface area contributed by atoms with Crippen LogP contribution in [0.25, 0.3) is 22.2 Å². The fourth-order valence-electron chi connectivity index (χ4n) is 3.49. The van der Waals surface area contributed by atoms with Gasteiger partial charge in [0.15, 0.2) is 26.7 Å². The molecule has 0 fully saturated rings. The lowest BCUT2D eigenvalue weighted by Crippen LogP contribution is -2.34. The standard InChI is InChI=1S/C21H24N6O4S/c1-26(2)18-7-6-13(12-22-18)20-14-10-16(30-3)17(31-4)11-15(14)24-21(25-20)27-19(8-9-23-27)32(5,28)29/h6-7,9-12,19H,8H2,1-5H3. The Bertz CT molecular complexity index is 1290. The van der Waals surface area contributed by atoms with Crippen LogP contribution in [0, 0.1) is 0 Å². The number of sulfone groups is 1. The van der Waals surface area contributed by atoms with Gasteiger partial charge in [0.25, 0.3) is 0 Å². The summed E-state index contributed by atoms with van der Waals surface area (Å²) < 4.78 is 35.5. The van der Waals surface area contributed by atoms with E-state index in [2.05, 4.69) is 15.1 Å². The van der Waals surface area contributed by atoms with E-state index in [9.17, 15) is 8.42 Å². The van der Waals surface area contributed by atoms with Crippen molar-refractivity contribution in [3.8, 4) is 22.8 Å². The van der Waals surface area contributed by atoms with E-state index in [-0.39, 0.29) is 12.4 Å². The number of anilines is 2. The summed E-state index contributed by atoms with van der Waals surface area (Å²) in [5.41, 5.74) is 1.89. The Hall–Kier alpha value is -3.47. The van der Waals surface area contributed by atoms with Crippen molar-refractivity contribution in [2.75, 3.05) is 44.5 Å². The number of hydrazone groups is 1. The van der Waals surface area contributed by atoms with E-state index in [1.54, 1.807) is 38.8 Å². The second kappa shape index (κ2) is 8.23. The summed E-state index contributed by atoms with van der Waals surface area (Å²) in [5.74, 6) is 2.01. The molecule has 1 aromatic carbocycles.